The van der Waals surface area contributed by atoms with Gasteiger partial charge in [0.2, 0.25) is 5.91 Å². The van der Waals surface area contributed by atoms with Gasteiger partial charge in [-0.25, -0.2) is 0 Å². The summed E-state index contributed by atoms with van der Waals surface area (Å²) in [7, 11) is 0. The van der Waals surface area contributed by atoms with E-state index in [0.29, 0.717) is 11.4 Å². The van der Waals surface area contributed by atoms with Crippen molar-refractivity contribution in [2.45, 2.75) is 5.92 Å². The molecule has 0 aliphatic heterocycles. The maximum Gasteiger partial charge on any atom is 0.278 e. The number of rotatable bonds is 6. The van der Waals surface area contributed by atoms with E-state index in [1.54, 1.807) is 12.1 Å². The molecule has 4 rings (SSSR count). The Morgan fingerprint density at radius 3 is 1.83 bits per heavy atom. The van der Waals surface area contributed by atoms with Crippen LogP contribution in [0.3, 0.4) is 0 Å². The summed E-state index contributed by atoms with van der Waals surface area (Å²) in [5.41, 5.74) is 2.81. The van der Waals surface area contributed by atoms with Crippen LogP contribution in [0.5, 0.6) is 0 Å². The van der Waals surface area contributed by atoms with E-state index < -0.39 is 11.8 Å². The van der Waals surface area contributed by atoms with Gasteiger partial charge in [-0.15, -0.1) is 0 Å². The quantitative estimate of drug-likeness (QED) is 0.450. The van der Waals surface area contributed by atoms with E-state index >= 15 is 0 Å². The van der Waals surface area contributed by atoms with Gasteiger partial charge < -0.3 is 10.6 Å². The second-order valence-corrected chi connectivity index (χ2v) is 6.71. The summed E-state index contributed by atoms with van der Waals surface area (Å²) in [5.74, 6) is -1.18. The molecular weight excluding hydrogens is 376 g/mol. The molecule has 0 spiro atoms. The zero-order chi connectivity index (χ0) is 20.8. The van der Waals surface area contributed by atoms with Crippen molar-refractivity contribution >= 4 is 23.2 Å². The zero-order valence-electron chi connectivity index (χ0n) is 16.1. The van der Waals surface area contributed by atoms with Crippen LogP contribution in [0, 0.1) is 0 Å². The van der Waals surface area contributed by atoms with Gasteiger partial charge in [-0.05, 0) is 23.3 Å². The zero-order valence-corrected chi connectivity index (χ0v) is 16.1. The van der Waals surface area contributed by atoms with Crippen LogP contribution in [-0.4, -0.2) is 22.0 Å². The van der Waals surface area contributed by atoms with Crippen LogP contribution in [0.1, 0.15) is 27.5 Å². The molecule has 6 heteroatoms. The predicted molar refractivity (Wildman–Crippen MR) is 116 cm³/mol. The number of anilines is 2. The lowest BCUT2D eigenvalue weighted by Crippen LogP contribution is -2.24. The average Bonchev–Trinajstić information content (AvgIpc) is 3.24. The van der Waals surface area contributed by atoms with Gasteiger partial charge in [0.1, 0.15) is 0 Å². The second-order valence-electron chi connectivity index (χ2n) is 6.71. The molecule has 0 aliphatic carbocycles. The van der Waals surface area contributed by atoms with Crippen LogP contribution < -0.4 is 10.6 Å². The van der Waals surface area contributed by atoms with Crippen LogP contribution in [0.25, 0.3) is 0 Å². The number of hydrogen-bond acceptors (Lipinski definition) is 3. The first-order valence-corrected chi connectivity index (χ1v) is 9.53. The van der Waals surface area contributed by atoms with E-state index in [4.69, 9.17) is 0 Å². The third-order valence-corrected chi connectivity index (χ3v) is 4.67. The Hall–Kier alpha value is -4.19. The van der Waals surface area contributed by atoms with Gasteiger partial charge in [-0.1, -0.05) is 78.9 Å². The number of carbonyl (C=O) groups is 2. The van der Waals surface area contributed by atoms with Gasteiger partial charge in [0.25, 0.3) is 5.91 Å². The minimum absolute atomic E-state index is 0.118. The molecule has 1 aromatic heterocycles. The molecule has 1 heterocycles. The van der Waals surface area contributed by atoms with E-state index in [0.717, 1.165) is 11.1 Å². The minimum atomic E-state index is -0.521. The molecule has 0 saturated carbocycles. The first-order valence-electron chi connectivity index (χ1n) is 9.53. The Bertz CT molecular complexity index is 1090. The van der Waals surface area contributed by atoms with Crippen molar-refractivity contribution in [1.29, 1.82) is 0 Å². The summed E-state index contributed by atoms with van der Waals surface area (Å²) in [6.45, 7) is 0. The number of amides is 2. The molecule has 0 fully saturated rings. The topological polar surface area (TPSA) is 86.9 Å². The molecule has 0 saturated heterocycles. The molecule has 6 nitrogen and oxygen atoms in total. The summed E-state index contributed by atoms with van der Waals surface area (Å²) in [4.78, 5) is 25.9. The lowest BCUT2D eigenvalue weighted by Gasteiger charge is -2.17. The Kier molecular flexibility index (Phi) is 5.66. The molecule has 2 amide bonds. The van der Waals surface area contributed by atoms with Crippen molar-refractivity contribution in [3.8, 4) is 0 Å². The maximum absolute atomic E-state index is 13.3. The predicted octanol–water partition coefficient (Wildman–Crippen LogP) is 4.43. The monoisotopic (exact) mass is 396 g/mol. The van der Waals surface area contributed by atoms with Gasteiger partial charge in [0.15, 0.2) is 5.69 Å². The largest absolute Gasteiger partial charge is 0.322 e. The Morgan fingerprint density at radius 2 is 1.27 bits per heavy atom. The molecule has 0 radical (unpaired) electrons. The highest BCUT2D eigenvalue weighted by Gasteiger charge is 2.25. The van der Waals surface area contributed by atoms with Crippen molar-refractivity contribution in [2.24, 2.45) is 0 Å². The molecule has 0 bridgehead atoms. The number of benzene rings is 3. The third-order valence-electron chi connectivity index (χ3n) is 4.67. The van der Waals surface area contributed by atoms with Gasteiger partial charge in [0.05, 0.1) is 11.6 Å². The van der Waals surface area contributed by atoms with Crippen molar-refractivity contribution in [3.05, 3.63) is 114 Å². The smallest absolute Gasteiger partial charge is 0.278 e. The van der Waals surface area contributed by atoms with Crippen LogP contribution in [0.2, 0.25) is 0 Å². The number of para-hydroxylation sites is 1. The number of H-pyrrole nitrogens is 1. The van der Waals surface area contributed by atoms with Gasteiger partial charge in [-0.3, -0.25) is 14.7 Å². The van der Waals surface area contributed by atoms with Crippen LogP contribution >= 0.6 is 0 Å². The minimum Gasteiger partial charge on any atom is -0.322 e. The number of aromatic amines is 1. The summed E-state index contributed by atoms with van der Waals surface area (Å²) in [6.07, 6.45) is 1.50. The van der Waals surface area contributed by atoms with Gasteiger partial charge >= 0.3 is 0 Å². The van der Waals surface area contributed by atoms with Crippen molar-refractivity contribution in [2.75, 3.05) is 10.6 Å². The molecule has 0 unspecified atom stereocenters. The highest BCUT2D eigenvalue weighted by Crippen LogP contribution is 2.27. The normalized spacial score (nSPS) is 10.6. The molecule has 0 atom stereocenters. The van der Waals surface area contributed by atoms with E-state index in [9.17, 15) is 9.59 Å². The van der Waals surface area contributed by atoms with Crippen LogP contribution in [0.15, 0.2) is 97.2 Å². The first-order chi connectivity index (χ1) is 14.7. The lowest BCUT2D eigenvalue weighted by atomic mass is 9.90. The lowest BCUT2D eigenvalue weighted by molar-refractivity contribution is -0.116. The number of hydrogen-bond donors (Lipinski definition) is 3. The molecular formula is C24H20N4O2. The fourth-order valence-corrected chi connectivity index (χ4v) is 3.26. The van der Waals surface area contributed by atoms with E-state index in [1.165, 1.54) is 6.20 Å². The van der Waals surface area contributed by atoms with Crippen LogP contribution in [-0.2, 0) is 4.79 Å². The third kappa shape index (κ3) is 4.28. The molecule has 4 aromatic rings. The SMILES string of the molecule is O=C(Nc1ccccc1)c1n[nH]cc1NC(=O)C(c1ccccc1)c1ccccc1. The summed E-state index contributed by atoms with van der Waals surface area (Å²) in [5, 5.41) is 12.3. The number of nitrogens with zero attached hydrogens (tertiary/aromatic N) is 1. The van der Waals surface area contributed by atoms with E-state index in [2.05, 4.69) is 20.8 Å². The number of aromatic nitrogens is 2. The van der Waals surface area contributed by atoms with Gasteiger partial charge in [0, 0.05) is 11.9 Å². The number of carbonyl (C=O) groups excluding carboxylic acids is 2. The summed E-state index contributed by atoms with van der Waals surface area (Å²) >= 11 is 0. The molecule has 0 aliphatic rings. The first kappa shape index (κ1) is 19.1. The second kappa shape index (κ2) is 8.87. The van der Waals surface area contributed by atoms with Crippen molar-refractivity contribution in [1.82, 2.24) is 10.2 Å². The Morgan fingerprint density at radius 1 is 0.733 bits per heavy atom. The maximum atomic E-state index is 13.3. The molecule has 30 heavy (non-hydrogen) atoms. The summed E-state index contributed by atoms with van der Waals surface area (Å²) < 4.78 is 0. The Labute approximate surface area is 174 Å². The fourth-order valence-electron chi connectivity index (χ4n) is 3.26. The van der Waals surface area contributed by atoms with E-state index in [-0.39, 0.29) is 11.6 Å². The summed E-state index contributed by atoms with van der Waals surface area (Å²) in [6, 6.07) is 28.1. The van der Waals surface area contributed by atoms with Gasteiger partial charge in [-0.2, -0.15) is 5.10 Å². The highest BCUT2D eigenvalue weighted by molar-refractivity contribution is 6.09. The fraction of sp³-hybridized carbons (Fsp3) is 0.0417. The highest BCUT2D eigenvalue weighted by atomic mass is 16.2. The molecule has 3 N–H and O–H groups in total. The van der Waals surface area contributed by atoms with E-state index in [1.807, 2.05) is 78.9 Å². The molecule has 148 valence electrons. The Balaban J connectivity index is 1.58. The number of nitrogens with one attached hydrogen (secondary N) is 3. The van der Waals surface area contributed by atoms with Crippen molar-refractivity contribution in [3.63, 3.8) is 0 Å². The van der Waals surface area contributed by atoms with Crippen LogP contribution in [0.4, 0.5) is 11.4 Å². The standard InChI is InChI=1S/C24H20N4O2/c29-23(21(17-10-4-1-5-11-17)18-12-6-2-7-13-18)27-20-16-25-28-22(20)24(30)26-19-14-8-3-9-15-19/h1-16,21H,(H,25,28)(H,26,30)(H,27,29). The van der Waals surface area contributed by atoms with Crippen molar-refractivity contribution < 1.29 is 9.59 Å². The average molecular weight is 396 g/mol. The molecule has 3 aromatic carbocycles.